The molecule has 4 rings (SSSR count). The number of aliphatic imine (C=N–C) groups is 1. The van der Waals surface area contributed by atoms with Gasteiger partial charge in [-0.15, -0.1) is 0 Å². The molecule has 0 unspecified atom stereocenters. The summed E-state index contributed by atoms with van der Waals surface area (Å²) in [4.78, 5) is 14.3. The van der Waals surface area contributed by atoms with E-state index in [0.717, 1.165) is 56.6 Å². The second-order valence-corrected chi connectivity index (χ2v) is 9.49. The van der Waals surface area contributed by atoms with E-state index in [9.17, 15) is 0 Å². The normalized spacial score (nSPS) is 16.4. The fourth-order valence-corrected chi connectivity index (χ4v) is 4.80. The topological polar surface area (TPSA) is 55.1 Å². The van der Waals surface area contributed by atoms with Gasteiger partial charge in [0.2, 0.25) is 11.8 Å². The van der Waals surface area contributed by atoms with Crippen LogP contribution < -0.4 is 15.6 Å². The van der Waals surface area contributed by atoms with E-state index in [1.165, 1.54) is 16.5 Å². The third-order valence-corrected chi connectivity index (χ3v) is 6.89. The molecule has 2 heterocycles. The molecule has 0 amide bonds. The van der Waals surface area contributed by atoms with E-state index in [0.29, 0.717) is 17.8 Å². The summed E-state index contributed by atoms with van der Waals surface area (Å²) < 4.78 is 13.0. The fraction of sp³-hybridized carbons (Fsp3) is 0.448. The Hall–Kier alpha value is -3.32. The van der Waals surface area contributed by atoms with Crippen LogP contribution in [0.1, 0.15) is 43.7 Å². The number of aromatic nitrogens is 2. The van der Waals surface area contributed by atoms with Gasteiger partial charge < -0.3 is 23.8 Å². The standard InChI is InChI=1S/C29H39N5O2/c1-6-9-28(36-21-35-5)30-23(3)32(4)25-16-18-33(19-17-25)29-31-26-10-7-8-11-27(26)34(29)20-24-14-12-22(2)13-15-24/h6,9-15,25H,3,7-8,16-21H2,1-2,4-5H3/b9-6-,30-28+. The Balaban J connectivity index is 1.48. The van der Waals surface area contributed by atoms with Crippen LogP contribution in [0.15, 0.2) is 53.8 Å². The number of fused-ring (bicyclic) bond motifs is 1. The second-order valence-electron chi connectivity index (χ2n) is 9.49. The number of nitrogens with zero attached hydrogens (tertiary/aromatic N) is 5. The maximum Gasteiger partial charge on any atom is 0.217 e. The molecular formula is C29H39N5O2. The van der Waals surface area contributed by atoms with Gasteiger partial charge in [0.15, 0.2) is 6.79 Å². The lowest BCUT2D eigenvalue weighted by Gasteiger charge is -2.38. The number of anilines is 1. The number of ether oxygens (including phenoxy) is 2. The number of hydrogen-bond acceptors (Lipinski definition) is 6. The van der Waals surface area contributed by atoms with Crippen LogP contribution >= 0.6 is 0 Å². The SMILES string of the molecule is C=C(/N=C(\C=C/C)OCOC)N(C)C1CCN(c2nc3c(n2Cc2ccc(C)cc2)=CCCC=3)CC1. The third-order valence-electron chi connectivity index (χ3n) is 6.89. The first kappa shape index (κ1) is 25.8. The summed E-state index contributed by atoms with van der Waals surface area (Å²) >= 11 is 0. The number of piperidine rings is 1. The number of hydrogen-bond donors (Lipinski definition) is 0. The summed E-state index contributed by atoms with van der Waals surface area (Å²) in [7, 11) is 3.66. The molecule has 0 bridgehead atoms. The molecule has 0 spiro atoms. The van der Waals surface area contributed by atoms with Crippen molar-refractivity contribution >= 4 is 24.0 Å². The van der Waals surface area contributed by atoms with Crippen molar-refractivity contribution in [2.24, 2.45) is 4.99 Å². The van der Waals surface area contributed by atoms with Gasteiger partial charge in [-0.25, -0.2) is 4.98 Å². The van der Waals surface area contributed by atoms with Gasteiger partial charge in [-0.05, 0) is 51.2 Å². The Bertz CT molecular complexity index is 1220. The van der Waals surface area contributed by atoms with Crippen molar-refractivity contribution in [3.05, 3.63) is 70.6 Å². The van der Waals surface area contributed by atoms with Gasteiger partial charge in [0.25, 0.3) is 0 Å². The van der Waals surface area contributed by atoms with Gasteiger partial charge in [-0.1, -0.05) is 54.6 Å². The van der Waals surface area contributed by atoms with E-state index in [1.807, 2.05) is 19.1 Å². The molecule has 2 aromatic rings. The zero-order chi connectivity index (χ0) is 25.5. The van der Waals surface area contributed by atoms with Gasteiger partial charge in [-0.3, -0.25) is 0 Å². The molecule has 1 aromatic carbocycles. The maximum absolute atomic E-state index is 5.55. The van der Waals surface area contributed by atoms with Crippen molar-refractivity contribution in [1.29, 1.82) is 0 Å². The summed E-state index contributed by atoms with van der Waals surface area (Å²) in [5.41, 5.74) is 2.59. The highest BCUT2D eigenvalue weighted by Gasteiger charge is 2.26. The minimum atomic E-state index is 0.159. The zero-order valence-corrected chi connectivity index (χ0v) is 22.1. The van der Waals surface area contributed by atoms with Crippen molar-refractivity contribution in [2.45, 2.75) is 52.1 Å². The Morgan fingerprint density at radius 1 is 1.19 bits per heavy atom. The fourth-order valence-electron chi connectivity index (χ4n) is 4.80. The van der Waals surface area contributed by atoms with Gasteiger partial charge in [0.05, 0.1) is 17.2 Å². The van der Waals surface area contributed by atoms with Gasteiger partial charge in [-0.2, -0.15) is 4.99 Å². The Kier molecular flexibility index (Phi) is 8.65. The molecule has 0 atom stereocenters. The maximum atomic E-state index is 5.55. The van der Waals surface area contributed by atoms with Gasteiger partial charge in [0.1, 0.15) is 5.82 Å². The average molecular weight is 490 g/mol. The van der Waals surface area contributed by atoms with Gasteiger partial charge >= 0.3 is 0 Å². The van der Waals surface area contributed by atoms with Crippen LogP contribution in [0, 0.1) is 6.92 Å². The first-order valence-electron chi connectivity index (χ1n) is 12.8. The van der Waals surface area contributed by atoms with Crippen molar-refractivity contribution in [3.63, 3.8) is 0 Å². The van der Waals surface area contributed by atoms with E-state index in [2.05, 4.69) is 76.3 Å². The van der Waals surface area contributed by atoms with Crippen LogP contribution in [0.25, 0.3) is 12.2 Å². The summed E-state index contributed by atoms with van der Waals surface area (Å²) in [6, 6.07) is 9.19. The highest BCUT2D eigenvalue weighted by Crippen LogP contribution is 2.23. The lowest BCUT2D eigenvalue weighted by molar-refractivity contribution is 0.0431. The van der Waals surface area contributed by atoms with E-state index >= 15 is 0 Å². The lowest BCUT2D eigenvalue weighted by Crippen LogP contribution is -2.44. The molecule has 1 aromatic heterocycles. The molecule has 0 saturated carbocycles. The molecule has 1 aliphatic heterocycles. The zero-order valence-electron chi connectivity index (χ0n) is 22.1. The molecular weight excluding hydrogens is 450 g/mol. The van der Waals surface area contributed by atoms with Crippen LogP contribution in [0.3, 0.4) is 0 Å². The molecule has 2 aliphatic rings. The first-order valence-corrected chi connectivity index (χ1v) is 12.8. The summed E-state index contributed by atoms with van der Waals surface area (Å²) in [6.45, 7) is 11.1. The Labute approximate surface area is 214 Å². The van der Waals surface area contributed by atoms with Crippen LogP contribution in [0.2, 0.25) is 0 Å². The smallest absolute Gasteiger partial charge is 0.217 e. The van der Waals surface area contributed by atoms with E-state index in [4.69, 9.17) is 14.5 Å². The van der Waals surface area contributed by atoms with Crippen LogP contribution in [-0.4, -0.2) is 60.4 Å². The molecule has 7 nitrogen and oxygen atoms in total. The van der Waals surface area contributed by atoms with Gasteiger partial charge in [0, 0.05) is 33.3 Å². The van der Waals surface area contributed by atoms with Crippen molar-refractivity contribution in [2.75, 3.05) is 38.9 Å². The largest absolute Gasteiger partial charge is 0.451 e. The van der Waals surface area contributed by atoms with E-state index in [1.54, 1.807) is 7.11 Å². The number of allylic oxidation sites excluding steroid dienone is 1. The summed E-state index contributed by atoms with van der Waals surface area (Å²) in [5, 5.41) is 2.38. The molecule has 1 fully saturated rings. The highest BCUT2D eigenvalue weighted by atomic mass is 16.7. The predicted octanol–water partition coefficient (Wildman–Crippen LogP) is 3.56. The minimum absolute atomic E-state index is 0.159. The Morgan fingerprint density at radius 3 is 2.61 bits per heavy atom. The van der Waals surface area contributed by atoms with Crippen LogP contribution in [-0.2, 0) is 16.0 Å². The lowest BCUT2D eigenvalue weighted by atomic mass is 10.0. The quantitative estimate of drug-likeness (QED) is 0.306. The van der Waals surface area contributed by atoms with Crippen LogP contribution in [0.5, 0.6) is 0 Å². The number of benzene rings is 1. The van der Waals surface area contributed by atoms with E-state index < -0.39 is 0 Å². The van der Waals surface area contributed by atoms with Crippen molar-refractivity contribution in [3.8, 4) is 0 Å². The van der Waals surface area contributed by atoms with Crippen molar-refractivity contribution in [1.82, 2.24) is 14.5 Å². The Morgan fingerprint density at radius 2 is 1.92 bits per heavy atom. The number of methoxy groups -OCH3 is 1. The predicted molar refractivity (Wildman–Crippen MR) is 147 cm³/mol. The monoisotopic (exact) mass is 489 g/mol. The molecule has 1 saturated heterocycles. The highest BCUT2D eigenvalue weighted by molar-refractivity contribution is 5.88. The van der Waals surface area contributed by atoms with E-state index in [-0.39, 0.29) is 6.79 Å². The first-order chi connectivity index (χ1) is 17.5. The molecule has 1 aliphatic carbocycles. The second kappa shape index (κ2) is 12.1. The number of imidazole rings is 1. The molecule has 0 N–H and O–H groups in total. The van der Waals surface area contributed by atoms with Crippen LogP contribution in [0.4, 0.5) is 5.95 Å². The third kappa shape index (κ3) is 6.08. The summed E-state index contributed by atoms with van der Waals surface area (Å²) in [6.07, 6.45) is 12.5. The minimum Gasteiger partial charge on any atom is -0.451 e. The molecule has 7 heteroatoms. The average Bonchev–Trinajstić information content (AvgIpc) is 3.26. The van der Waals surface area contributed by atoms with Crippen molar-refractivity contribution < 1.29 is 9.47 Å². The molecule has 36 heavy (non-hydrogen) atoms. The number of rotatable bonds is 9. The molecule has 192 valence electrons. The molecule has 0 radical (unpaired) electrons. The number of aryl methyl sites for hydroxylation is 1. The summed E-state index contributed by atoms with van der Waals surface area (Å²) in [5.74, 6) is 2.28.